The van der Waals surface area contributed by atoms with E-state index in [0.717, 1.165) is 69.6 Å². The molecule has 28 heavy (non-hydrogen) atoms. The van der Waals surface area contributed by atoms with Crippen molar-refractivity contribution < 1.29 is 9.15 Å². The summed E-state index contributed by atoms with van der Waals surface area (Å²) in [5, 5.41) is 6.83. The molecule has 0 aliphatic rings. The fraction of sp³-hybridized carbons (Fsp3) is 0.476. The predicted molar refractivity (Wildman–Crippen MR) is 129 cm³/mol. The lowest BCUT2D eigenvalue weighted by Gasteiger charge is -2.12. The van der Waals surface area contributed by atoms with E-state index in [1.165, 1.54) is 4.90 Å². The molecule has 5 nitrogen and oxygen atoms in total. The standard InChI is InChI=1S/C21H31N3O2S.HI/c1-2-25-16-7-6-13-22-21(23-14-12-19-9-8-17-26-19)24-15-18-27-20-10-4-3-5-11-20;/h3-5,8-11,17H,2,6-7,12-16,18H2,1H3,(H2,22,23,24);1H. The highest BCUT2D eigenvalue weighted by atomic mass is 127. The number of furan rings is 1. The van der Waals surface area contributed by atoms with E-state index >= 15 is 0 Å². The van der Waals surface area contributed by atoms with Crippen LogP contribution in [0, 0.1) is 0 Å². The summed E-state index contributed by atoms with van der Waals surface area (Å²) in [6.07, 6.45) is 4.63. The smallest absolute Gasteiger partial charge is 0.191 e. The van der Waals surface area contributed by atoms with Gasteiger partial charge in [0.25, 0.3) is 0 Å². The third kappa shape index (κ3) is 11.6. The Morgan fingerprint density at radius 2 is 1.89 bits per heavy atom. The van der Waals surface area contributed by atoms with Crippen LogP contribution in [0.5, 0.6) is 0 Å². The van der Waals surface area contributed by atoms with Crippen LogP contribution in [-0.4, -0.2) is 44.6 Å². The van der Waals surface area contributed by atoms with E-state index in [1.54, 1.807) is 6.26 Å². The van der Waals surface area contributed by atoms with Gasteiger partial charge in [-0.1, -0.05) is 18.2 Å². The first-order chi connectivity index (χ1) is 13.4. The largest absolute Gasteiger partial charge is 0.469 e. The maximum atomic E-state index is 5.38. The second-order valence-electron chi connectivity index (χ2n) is 5.98. The summed E-state index contributed by atoms with van der Waals surface area (Å²) < 4.78 is 10.8. The quantitative estimate of drug-likeness (QED) is 0.134. The number of nitrogens with one attached hydrogen (secondary N) is 2. The molecule has 0 amide bonds. The van der Waals surface area contributed by atoms with Gasteiger partial charge in [-0.2, -0.15) is 0 Å². The van der Waals surface area contributed by atoms with Crippen LogP contribution in [0.4, 0.5) is 0 Å². The van der Waals surface area contributed by atoms with Crippen molar-refractivity contribution in [3.63, 3.8) is 0 Å². The minimum Gasteiger partial charge on any atom is -0.469 e. The monoisotopic (exact) mass is 517 g/mol. The van der Waals surface area contributed by atoms with Gasteiger partial charge in [-0.15, -0.1) is 35.7 Å². The first-order valence-corrected chi connectivity index (χ1v) is 10.7. The molecule has 0 bridgehead atoms. The van der Waals surface area contributed by atoms with Crippen LogP contribution < -0.4 is 10.6 Å². The maximum absolute atomic E-state index is 5.38. The van der Waals surface area contributed by atoms with Gasteiger partial charge in [0.15, 0.2) is 5.96 Å². The number of unbranched alkanes of at least 4 members (excludes halogenated alkanes) is 1. The molecule has 0 saturated carbocycles. The Bertz CT molecular complexity index is 624. The summed E-state index contributed by atoms with van der Waals surface area (Å²) in [6.45, 7) is 6.08. The molecule has 0 atom stereocenters. The zero-order chi connectivity index (χ0) is 19.0. The number of benzene rings is 1. The van der Waals surface area contributed by atoms with E-state index in [1.807, 2.05) is 36.9 Å². The summed E-state index contributed by atoms with van der Waals surface area (Å²) in [4.78, 5) is 5.97. The van der Waals surface area contributed by atoms with Crippen molar-refractivity contribution in [3.05, 3.63) is 54.5 Å². The number of ether oxygens (including phenoxy) is 1. The Kier molecular flexibility index (Phi) is 14.9. The van der Waals surface area contributed by atoms with Crippen molar-refractivity contribution in [1.29, 1.82) is 0 Å². The number of rotatable bonds is 13. The van der Waals surface area contributed by atoms with Gasteiger partial charge in [-0.25, -0.2) is 0 Å². The van der Waals surface area contributed by atoms with Crippen LogP contribution in [0.1, 0.15) is 25.5 Å². The van der Waals surface area contributed by atoms with Crippen molar-refractivity contribution in [3.8, 4) is 0 Å². The summed E-state index contributed by atoms with van der Waals surface area (Å²) in [5.41, 5.74) is 0. The lowest BCUT2D eigenvalue weighted by atomic mass is 10.3. The second kappa shape index (κ2) is 16.7. The molecule has 0 saturated heterocycles. The number of thioether (sulfide) groups is 1. The zero-order valence-corrected chi connectivity index (χ0v) is 19.7. The molecule has 1 aromatic heterocycles. The number of guanidine groups is 1. The lowest BCUT2D eigenvalue weighted by Crippen LogP contribution is -2.39. The molecule has 1 aromatic carbocycles. The molecule has 0 unspecified atom stereocenters. The molecule has 2 N–H and O–H groups in total. The molecule has 7 heteroatoms. The Morgan fingerprint density at radius 1 is 1.07 bits per heavy atom. The average molecular weight is 517 g/mol. The van der Waals surface area contributed by atoms with Gasteiger partial charge in [0.2, 0.25) is 0 Å². The van der Waals surface area contributed by atoms with Crippen LogP contribution in [-0.2, 0) is 11.2 Å². The lowest BCUT2D eigenvalue weighted by molar-refractivity contribution is 0.144. The Hall–Kier alpha value is -1.19. The van der Waals surface area contributed by atoms with Crippen molar-refractivity contribution >= 4 is 41.7 Å². The van der Waals surface area contributed by atoms with Gasteiger partial charge in [0.05, 0.1) is 6.26 Å². The van der Waals surface area contributed by atoms with Crippen molar-refractivity contribution in [2.45, 2.75) is 31.1 Å². The highest BCUT2D eigenvalue weighted by Gasteiger charge is 2.01. The maximum Gasteiger partial charge on any atom is 0.191 e. The summed E-state index contributed by atoms with van der Waals surface area (Å²) in [7, 11) is 0. The summed E-state index contributed by atoms with van der Waals surface area (Å²) in [5.74, 6) is 2.84. The summed E-state index contributed by atoms with van der Waals surface area (Å²) in [6, 6.07) is 14.4. The highest BCUT2D eigenvalue weighted by Crippen LogP contribution is 2.15. The fourth-order valence-corrected chi connectivity index (χ4v) is 3.23. The Labute approximate surface area is 190 Å². The molecule has 0 spiro atoms. The van der Waals surface area contributed by atoms with Gasteiger partial charge < -0.3 is 19.8 Å². The third-order valence-corrected chi connectivity index (χ3v) is 4.83. The van der Waals surface area contributed by atoms with Crippen molar-refractivity contribution in [2.75, 3.05) is 38.6 Å². The number of aliphatic imine (C=N–C) groups is 1. The summed E-state index contributed by atoms with van der Waals surface area (Å²) >= 11 is 1.84. The first kappa shape index (κ1) is 24.8. The van der Waals surface area contributed by atoms with Crippen molar-refractivity contribution in [2.24, 2.45) is 4.99 Å². The van der Waals surface area contributed by atoms with Crippen LogP contribution in [0.15, 0.2) is 63.0 Å². The minimum atomic E-state index is 0. The molecule has 156 valence electrons. The normalized spacial score (nSPS) is 11.1. The SMILES string of the molecule is CCOCCCCN=C(NCCSc1ccccc1)NCCc1ccco1.I. The molecular weight excluding hydrogens is 485 g/mol. The topological polar surface area (TPSA) is 58.8 Å². The van der Waals surface area contributed by atoms with E-state index in [2.05, 4.69) is 39.9 Å². The average Bonchev–Trinajstić information content (AvgIpc) is 3.21. The molecular formula is C21H32IN3O2S. The molecule has 2 rings (SSSR count). The van der Waals surface area contributed by atoms with Crippen LogP contribution in [0.2, 0.25) is 0 Å². The van der Waals surface area contributed by atoms with Gasteiger partial charge in [0, 0.05) is 49.9 Å². The molecule has 2 aromatic rings. The number of halogens is 1. The molecule has 0 radical (unpaired) electrons. The highest BCUT2D eigenvalue weighted by molar-refractivity contribution is 14.0. The second-order valence-corrected chi connectivity index (χ2v) is 7.15. The van der Waals surface area contributed by atoms with Crippen molar-refractivity contribution in [1.82, 2.24) is 10.6 Å². The van der Waals surface area contributed by atoms with Gasteiger partial charge >= 0.3 is 0 Å². The van der Waals surface area contributed by atoms with E-state index in [4.69, 9.17) is 9.15 Å². The van der Waals surface area contributed by atoms with E-state index < -0.39 is 0 Å². The Balaban J connectivity index is 0.00000392. The van der Waals surface area contributed by atoms with E-state index in [9.17, 15) is 0 Å². The molecule has 1 heterocycles. The molecule has 0 aliphatic heterocycles. The molecule has 0 fully saturated rings. The zero-order valence-electron chi connectivity index (χ0n) is 16.6. The number of hydrogen-bond donors (Lipinski definition) is 2. The Morgan fingerprint density at radius 3 is 2.64 bits per heavy atom. The van der Waals surface area contributed by atoms with Gasteiger partial charge in [0.1, 0.15) is 5.76 Å². The van der Waals surface area contributed by atoms with Crippen LogP contribution in [0.25, 0.3) is 0 Å². The number of nitrogens with zero attached hydrogens (tertiary/aromatic N) is 1. The molecule has 0 aliphatic carbocycles. The number of hydrogen-bond acceptors (Lipinski definition) is 4. The van der Waals surface area contributed by atoms with Gasteiger partial charge in [-0.3, -0.25) is 4.99 Å². The third-order valence-electron chi connectivity index (χ3n) is 3.82. The van der Waals surface area contributed by atoms with Gasteiger partial charge in [-0.05, 0) is 44.0 Å². The predicted octanol–water partition coefficient (Wildman–Crippen LogP) is 4.58. The first-order valence-electron chi connectivity index (χ1n) is 9.68. The van der Waals surface area contributed by atoms with E-state index in [-0.39, 0.29) is 24.0 Å². The van der Waals surface area contributed by atoms with Crippen LogP contribution in [0.3, 0.4) is 0 Å². The minimum absolute atomic E-state index is 0. The van der Waals surface area contributed by atoms with Crippen LogP contribution >= 0.6 is 35.7 Å². The fourth-order valence-electron chi connectivity index (χ4n) is 2.44. The van der Waals surface area contributed by atoms with E-state index in [0.29, 0.717) is 0 Å².